The van der Waals surface area contributed by atoms with Crippen LogP contribution in [-0.2, 0) is 16.1 Å². The van der Waals surface area contributed by atoms with Crippen molar-refractivity contribution in [3.63, 3.8) is 0 Å². The zero-order valence-electron chi connectivity index (χ0n) is 15.1. The Morgan fingerprint density at radius 2 is 1.85 bits per heavy atom. The Bertz CT molecular complexity index is 830. The molecule has 1 aromatic heterocycles. The van der Waals surface area contributed by atoms with Gasteiger partial charge in [0, 0.05) is 30.1 Å². The van der Waals surface area contributed by atoms with E-state index in [1.54, 1.807) is 36.5 Å². The summed E-state index contributed by atoms with van der Waals surface area (Å²) in [6.45, 7) is 2.59. The molecule has 0 saturated carbocycles. The fourth-order valence-corrected chi connectivity index (χ4v) is 2.34. The Balaban J connectivity index is 1.85. The molecule has 1 aromatic carbocycles. The van der Waals surface area contributed by atoms with E-state index in [0.717, 1.165) is 5.56 Å². The summed E-state index contributed by atoms with van der Waals surface area (Å²) < 4.78 is 6.40. The molecule has 0 radical (unpaired) electrons. The van der Waals surface area contributed by atoms with Gasteiger partial charge in [0.1, 0.15) is 6.54 Å². The Morgan fingerprint density at radius 3 is 2.56 bits per heavy atom. The lowest BCUT2D eigenvalue weighted by Gasteiger charge is -2.09. The average molecular weight is 373 g/mol. The number of hydrogen-bond acceptors (Lipinski definition) is 5. The molecular weight excluding hydrogens is 350 g/mol. The summed E-state index contributed by atoms with van der Waals surface area (Å²) in [5.41, 5.74) is 1.62. The lowest BCUT2D eigenvalue weighted by molar-refractivity contribution is -0.116. The van der Waals surface area contributed by atoms with Gasteiger partial charge in [-0.2, -0.15) is 0 Å². The Kier molecular flexibility index (Phi) is 7.72. The van der Waals surface area contributed by atoms with Gasteiger partial charge in [0.05, 0.1) is 19.8 Å². The van der Waals surface area contributed by atoms with Crippen molar-refractivity contribution in [3.8, 4) is 0 Å². The largest absolute Gasteiger partial charge is 0.394 e. The summed E-state index contributed by atoms with van der Waals surface area (Å²) >= 11 is 0. The summed E-state index contributed by atoms with van der Waals surface area (Å²) in [6, 6.07) is 9.54. The maximum Gasteiger partial charge on any atom is 0.251 e. The highest BCUT2D eigenvalue weighted by molar-refractivity contribution is 5.95. The van der Waals surface area contributed by atoms with Gasteiger partial charge in [-0.3, -0.25) is 14.4 Å². The van der Waals surface area contributed by atoms with Crippen LogP contribution in [0.2, 0.25) is 0 Å². The molecule has 3 N–H and O–H groups in total. The van der Waals surface area contributed by atoms with Crippen LogP contribution in [0.5, 0.6) is 0 Å². The van der Waals surface area contributed by atoms with Crippen molar-refractivity contribution >= 4 is 17.5 Å². The molecule has 144 valence electrons. The molecule has 0 saturated heterocycles. The van der Waals surface area contributed by atoms with E-state index in [1.807, 2.05) is 6.92 Å². The van der Waals surface area contributed by atoms with E-state index in [-0.39, 0.29) is 37.1 Å². The van der Waals surface area contributed by atoms with Crippen LogP contribution in [0.25, 0.3) is 0 Å². The smallest absolute Gasteiger partial charge is 0.251 e. The first-order chi connectivity index (χ1) is 13.0. The van der Waals surface area contributed by atoms with Crippen LogP contribution in [-0.4, -0.2) is 47.9 Å². The van der Waals surface area contributed by atoms with Crippen LogP contribution in [0.1, 0.15) is 15.9 Å². The molecule has 0 spiro atoms. The van der Waals surface area contributed by atoms with Crippen LogP contribution >= 0.6 is 0 Å². The average Bonchev–Trinajstić information content (AvgIpc) is 2.65. The molecule has 2 amide bonds. The third kappa shape index (κ3) is 6.69. The van der Waals surface area contributed by atoms with Crippen LogP contribution in [0.15, 0.2) is 47.4 Å². The molecular formula is C19H23N3O5. The molecule has 0 aliphatic heterocycles. The number of anilines is 1. The fraction of sp³-hybridized carbons (Fsp3) is 0.316. The highest BCUT2D eigenvalue weighted by Gasteiger charge is 2.08. The van der Waals surface area contributed by atoms with Gasteiger partial charge in [0.2, 0.25) is 5.91 Å². The third-order valence-corrected chi connectivity index (χ3v) is 3.64. The second kappa shape index (κ2) is 10.2. The molecule has 0 aliphatic rings. The normalized spacial score (nSPS) is 10.4. The number of nitrogens with one attached hydrogen (secondary N) is 2. The standard InChI is InChI=1S/C19H23N3O5/c1-14-2-7-18(25)22(12-14)13-17(24)21-16-5-3-15(4-6-16)19(26)20-8-10-27-11-9-23/h2-7,12,23H,8-11,13H2,1H3,(H,20,26)(H,21,24). The molecule has 2 aromatic rings. The number of aryl methyl sites for hydroxylation is 1. The zero-order chi connectivity index (χ0) is 19.6. The number of hydrogen-bond donors (Lipinski definition) is 3. The molecule has 0 bridgehead atoms. The minimum Gasteiger partial charge on any atom is -0.394 e. The summed E-state index contributed by atoms with van der Waals surface area (Å²) in [4.78, 5) is 35.8. The van der Waals surface area contributed by atoms with Crippen molar-refractivity contribution in [2.24, 2.45) is 0 Å². The Morgan fingerprint density at radius 1 is 1.11 bits per heavy atom. The van der Waals surface area contributed by atoms with Gasteiger partial charge in [-0.05, 0) is 36.8 Å². The number of carbonyl (C=O) groups is 2. The maximum absolute atomic E-state index is 12.1. The monoisotopic (exact) mass is 373 g/mol. The topological polar surface area (TPSA) is 110 Å². The molecule has 8 nitrogen and oxygen atoms in total. The minimum atomic E-state index is -0.332. The van der Waals surface area contributed by atoms with Crippen molar-refractivity contribution in [1.29, 1.82) is 0 Å². The first kappa shape index (κ1) is 20.3. The number of ether oxygens (including phenoxy) is 1. The summed E-state index contributed by atoms with van der Waals surface area (Å²) in [5.74, 6) is -0.590. The third-order valence-electron chi connectivity index (χ3n) is 3.64. The van der Waals surface area contributed by atoms with Crippen molar-refractivity contribution in [3.05, 3.63) is 64.1 Å². The number of rotatable bonds is 9. The number of amides is 2. The number of aliphatic hydroxyl groups is 1. The Hall–Kier alpha value is -2.97. The number of aromatic nitrogens is 1. The highest BCUT2D eigenvalue weighted by Crippen LogP contribution is 2.09. The molecule has 2 rings (SSSR count). The van der Waals surface area contributed by atoms with Crippen molar-refractivity contribution < 1.29 is 19.4 Å². The van der Waals surface area contributed by atoms with Crippen molar-refractivity contribution in [2.75, 3.05) is 31.7 Å². The van der Waals surface area contributed by atoms with E-state index in [1.165, 1.54) is 10.6 Å². The summed E-state index contributed by atoms with van der Waals surface area (Å²) in [5, 5.41) is 14.0. The van der Waals surface area contributed by atoms with Crippen molar-refractivity contribution in [2.45, 2.75) is 13.5 Å². The van der Waals surface area contributed by atoms with Gasteiger partial charge < -0.3 is 25.0 Å². The predicted octanol–water partition coefficient (Wildman–Crippen LogP) is 0.534. The van der Waals surface area contributed by atoms with E-state index in [9.17, 15) is 14.4 Å². The minimum absolute atomic E-state index is 0.0559. The number of pyridine rings is 1. The van der Waals surface area contributed by atoms with Crippen LogP contribution in [0.3, 0.4) is 0 Å². The first-order valence-corrected chi connectivity index (χ1v) is 8.53. The molecule has 0 atom stereocenters. The highest BCUT2D eigenvalue weighted by atomic mass is 16.5. The SMILES string of the molecule is Cc1ccc(=O)n(CC(=O)Nc2ccc(C(=O)NCCOCCO)cc2)c1. The summed E-state index contributed by atoms with van der Waals surface area (Å²) in [7, 11) is 0. The zero-order valence-corrected chi connectivity index (χ0v) is 15.1. The van der Waals surface area contributed by atoms with Crippen LogP contribution in [0.4, 0.5) is 5.69 Å². The van der Waals surface area contributed by atoms with Crippen molar-refractivity contribution in [1.82, 2.24) is 9.88 Å². The Labute approximate surface area is 156 Å². The fourth-order valence-electron chi connectivity index (χ4n) is 2.34. The maximum atomic E-state index is 12.1. The second-order valence-electron chi connectivity index (χ2n) is 5.89. The summed E-state index contributed by atoms with van der Waals surface area (Å²) in [6.07, 6.45) is 1.62. The van der Waals surface area contributed by atoms with Crippen LogP contribution < -0.4 is 16.2 Å². The van der Waals surface area contributed by atoms with Gasteiger partial charge in [-0.25, -0.2) is 0 Å². The van der Waals surface area contributed by atoms with Gasteiger partial charge in [-0.15, -0.1) is 0 Å². The number of carbonyl (C=O) groups excluding carboxylic acids is 2. The number of nitrogens with zero attached hydrogens (tertiary/aromatic N) is 1. The van der Waals surface area contributed by atoms with E-state index < -0.39 is 0 Å². The van der Waals surface area contributed by atoms with E-state index in [0.29, 0.717) is 24.4 Å². The lowest BCUT2D eigenvalue weighted by Crippen LogP contribution is -2.28. The number of aliphatic hydroxyl groups excluding tert-OH is 1. The second-order valence-corrected chi connectivity index (χ2v) is 5.89. The van der Waals surface area contributed by atoms with Crippen LogP contribution in [0, 0.1) is 6.92 Å². The predicted molar refractivity (Wildman–Crippen MR) is 101 cm³/mol. The van der Waals surface area contributed by atoms with E-state index >= 15 is 0 Å². The quantitative estimate of drug-likeness (QED) is 0.556. The van der Waals surface area contributed by atoms with Gasteiger partial charge in [0.25, 0.3) is 11.5 Å². The van der Waals surface area contributed by atoms with Gasteiger partial charge >= 0.3 is 0 Å². The molecule has 0 unspecified atom stereocenters. The lowest BCUT2D eigenvalue weighted by atomic mass is 10.2. The first-order valence-electron chi connectivity index (χ1n) is 8.53. The van der Waals surface area contributed by atoms with Gasteiger partial charge in [0.15, 0.2) is 0 Å². The molecule has 0 aliphatic carbocycles. The van der Waals surface area contributed by atoms with E-state index in [2.05, 4.69) is 10.6 Å². The molecule has 0 fully saturated rings. The number of benzene rings is 1. The van der Waals surface area contributed by atoms with Gasteiger partial charge in [-0.1, -0.05) is 6.07 Å². The molecule has 8 heteroatoms. The molecule has 1 heterocycles. The van der Waals surface area contributed by atoms with E-state index in [4.69, 9.17) is 9.84 Å². The molecule has 27 heavy (non-hydrogen) atoms.